The molecule has 0 bridgehead atoms. The molecule has 67 heavy (non-hydrogen) atoms. The molecule has 0 saturated heterocycles. The van der Waals surface area contributed by atoms with E-state index < -0.39 is 106 Å². The van der Waals surface area contributed by atoms with Gasteiger partial charge in [-0.1, -0.05) is 6.07 Å². The minimum Gasteiger partial charge on any atom is -0.506 e. The number of nitrogens with one attached hydrogen (secondary N) is 2. The van der Waals surface area contributed by atoms with Gasteiger partial charge in [0.15, 0.2) is 17.3 Å². The molecule has 0 unspecified atom stereocenters. The Balaban J connectivity index is 1.25. The largest absolute Gasteiger partial charge is 0.506 e. The molecule has 6 aromatic carbocycles. The van der Waals surface area contributed by atoms with Crippen LogP contribution in [0.25, 0.3) is 32.9 Å². The number of phenolic OH excluding ortho intramolecular Hbond substituents is 4. The number of benzene rings is 6. The zero-order valence-corrected chi connectivity index (χ0v) is 36.3. The van der Waals surface area contributed by atoms with E-state index in [9.17, 15) is 77.4 Å². The van der Waals surface area contributed by atoms with Crippen molar-refractivity contribution in [1.29, 1.82) is 0 Å². The van der Waals surface area contributed by atoms with Gasteiger partial charge in [-0.25, -0.2) is 0 Å². The van der Waals surface area contributed by atoms with Crippen molar-refractivity contribution in [3.63, 3.8) is 0 Å². The summed E-state index contributed by atoms with van der Waals surface area (Å²) in [4.78, 5) is 9.76. The highest BCUT2D eigenvalue weighted by atomic mass is 32.2. The van der Waals surface area contributed by atoms with Crippen molar-refractivity contribution >= 4 is 102 Å². The Morgan fingerprint density at radius 3 is 1.45 bits per heavy atom. The zero-order valence-electron chi connectivity index (χ0n) is 33.1. The minimum atomic E-state index is -5.16. The normalized spacial score (nSPS) is 12.7. The number of phenols is 4. The quantitative estimate of drug-likeness (QED) is 0.0464. The van der Waals surface area contributed by atoms with Gasteiger partial charge in [0.2, 0.25) is 11.9 Å². The first-order valence-corrected chi connectivity index (χ1v) is 23.9. The van der Waals surface area contributed by atoms with Crippen molar-refractivity contribution in [3.8, 4) is 34.4 Å². The molecule has 0 radical (unpaired) electrons. The predicted octanol–water partition coefficient (Wildman–Crippen LogP) is 5.63. The maximum absolute atomic E-state index is 12.5. The summed E-state index contributed by atoms with van der Waals surface area (Å²) in [5.74, 6) is -3.58. The number of rotatable bonds is 14. The van der Waals surface area contributed by atoms with Gasteiger partial charge in [-0.05, 0) is 77.5 Å². The summed E-state index contributed by atoms with van der Waals surface area (Å²) in [6.07, 6.45) is 0. The van der Waals surface area contributed by atoms with Crippen LogP contribution in [0.15, 0.2) is 125 Å². The third-order valence-electron chi connectivity index (χ3n) is 9.21. The second-order valence-corrected chi connectivity index (χ2v) is 19.3. The second-order valence-electron chi connectivity index (χ2n) is 13.7. The number of aliphatic hydroxyl groups is 1. The van der Waals surface area contributed by atoms with Crippen LogP contribution in [0.4, 0.5) is 40.3 Å². The zero-order chi connectivity index (χ0) is 48.8. The van der Waals surface area contributed by atoms with Crippen LogP contribution < -0.4 is 10.6 Å². The van der Waals surface area contributed by atoms with E-state index in [2.05, 4.69) is 46.0 Å². The first-order valence-electron chi connectivity index (χ1n) is 18.2. The van der Waals surface area contributed by atoms with E-state index in [1.165, 1.54) is 36.4 Å². The number of aromatic nitrogens is 3. The number of hydrogen-bond donors (Lipinski definition) is 11. The van der Waals surface area contributed by atoms with Crippen molar-refractivity contribution < 1.29 is 77.4 Å². The Kier molecular flexibility index (Phi) is 12.5. The van der Waals surface area contributed by atoms with Crippen molar-refractivity contribution in [3.05, 3.63) is 84.9 Å². The summed E-state index contributed by atoms with van der Waals surface area (Å²) >= 11 is 0. The lowest BCUT2D eigenvalue weighted by Crippen LogP contribution is -2.11. The molecule has 26 nitrogen and oxygen atoms in total. The smallest absolute Gasteiger partial charge is 0.296 e. The van der Waals surface area contributed by atoms with Gasteiger partial charge in [0.1, 0.15) is 44.0 Å². The Labute approximate surface area is 376 Å². The predicted molar refractivity (Wildman–Crippen MR) is 233 cm³/mol. The van der Waals surface area contributed by atoms with Crippen molar-refractivity contribution in [1.82, 2.24) is 15.0 Å². The first-order chi connectivity index (χ1) is 31.3. The molecule has 0 saturated carbocycles. The number of hydrogen-bond acceptors (Lipinski definition) is 22. The molecule has 30 heteroatoms. The number of azo groups is 2. The molecule has 11 N–H and O–H groups in total. The maximum Gasteiger partial charge on any atom is 0.296 e. The average molecular weight is 1000 g/mol. The molecule has 1 heterocycles. The summed E-state index contributed by atoms with van der Waals surface area (Å²) in [5, 5.41) is 72.5. The van der Waals surface area contributed by atoms with Crippen LogP contribution in [0.5, 0.6) is 23.0 Å². The Bertz CT molecular complexity index is 3730. The molecule has 0 spiro atoms. The van der Waals surface area contributed by atoms with E-state index in [1.807, 2.05) is 0 Å². The molecular weight excluding hydrogens is 971 g/mol. The molecule has 7 aromatic rings. The molecule has 0 aliphatic rings. The minimum absolute atomic E-state index is 0.00271. The number of fused-ring (bicyclic) bond motifs is 2. The van der Waals surface area contributed by atoms with E-state index in [0.29, 0.717) is 12.1 Å². The van der Waals surface area contributed by atoms with Gasteiger partial charge in [-0.3, -0.25) is 18.2 Å². The van der Waals surface area contributed by atoms with Gasteiger partial charge in [0.25, 0.3) is 40.5 Å². The summed E-state index contributed by atoms with van der Waals surface area (Å²) in [5.41, 5.74) is -2.05. The lowest BCUT2D eigenvalue weighted by Gasteiger charge is -2.13. The van der Waals surface area contributed by atoms with Gasteiger partial charge < -0.3 is 36.2 Å². The highest BCUT2D eigenvalue weighted by molar-refractivity contribution is 7.86. The molecule has 0 aliphatic heterocycles. The number of aliphatic hydroxyl groups excluding tert-OH is 1. The van der Waals surface area contributed by atoms with E-state index in [4.69, 9.17) is 0 Å². The van der Waals surface area contributed by atoms with Crippen LogP contribution >= 0.6 is 0 Å². The molecule has 0 atom stereocenters. The Morgan fingerprint density at radius 1 is 0.507 bits per heavy atom. The fourth-order valence-electron chi connectivity index (χ4n) is 6.15. The van der Waals surface area contributed by atoms with Gasteiger partial charge in [0.05, 0.1) is 16.4 Å². The molecule has 7 rings (SSSR count). The number of anilines is 3. The van der Waals surface area contributed by atoms with E-state index in [1.54, 1.807) is 0 Å². The molecule has 0 fully saturated rings. The lowest BCUT2D eigenvalue weighted by molar-refractivity contribution is 0.310. The molecule has 348 valence electrons. The second kappa shape index (κ2) is 17.7. The summed E-state index contributed by atoms with van der Waals surface area (Å²) in [6.45, 7) is -0.408. The van der Waals surface area contributed by atoms with Crippen molar-refractivity contribution in [2.24, 2.45) is 20.5 Å². The summed E-state index contributed by atoms with van der Waals surface area (Å²) < 4.78 is 134. The summed E-state index contributed by atoms with van der Waals surface area (Å²) in [7, 11) is -19.7. The number of aromatic hydroxyl groups is 4. The van der Waals surface area contributed by atoms with E-state index >= 15 is 0 Å². The standard InChI is InChI=1S/C37H29N9O17S4/c47-10-9-38-36-40-35(17-1-5-23-18(11-17)13-29(66(58,59)60)31(33(23)50)45-43-25-7-3-21(15-27(25)48)64(52,53)54)41-37(42-36)39-20-2-6-24-19(12-20)14-30(67(61,62)63)32(34(24)51)46-44-26-8-4-22(16-28(26)49)65(55,56)57/h1-8,11-16,47-51H,9-10H2,(H,52,53,54)(H,55,56,57)(H,58,59,60)(H,61,62,63)(H2,38,39,40,41,42). The van der Waals surface area contributed by atoms with Gasteiger partial charge >= 0.3 is 0 Å². The van der Waals surface area contributed by atoms with Crippen LogP contribution in [-0.4, -0.2) is 106 Å². The van der Waals surface area contributed by atoms with Crippen molar-refractivity contribution in [2.45, 2.75) is 19.6 Å². The Morgan fingerprint density at radius 2 is 0.985 bits per heavy atom. The average Bonchev–Trinajstić information content (AvgIpc) is 3.24. The van der Waals surface area contributed by atoms with E-state index in [-0.39, 0.29) is 63.7 Å². The first kappa shape index (κ1) is 47.4. The third kappa shape index (κ3) is 10.3. The molecule has 1 aromatic heterocycles. The van der Waals surface area contributed by atoms with Gasteiger partial charge in [-0.2, -0.15) is 48.6 Å². The molecule has 0 aliphatic carbocycles. The van der Waals surface area contributed by atoms with Gasteiger partial charge in [0, 0.05) is 40.7 Å². The van der Waals surface area contributed by atoms with Crippen LogP contribution in [0, 0.1) is 0 Å². The molecular formula is C37H29N9O17S4. The topological polar surface area (TPSA) is 431 Å². The van der Waals surface area contributed by atoms with Crippen LogP contribution in [-0.2, 0) is 40.5 Å². The van der Waals surface area contributed by atoms with Crippen LogP contribution in [0.2, 0.25) is 0 Å². The third-order valence-corrected chi connectivity index (χ3v) is 12.6. The van der Waals surface area contributed by atoms with E-state index in [0.717, 1.165) is 36.4 Å². The lowest BCUT2D eigenvalue weighted by atomic mass is 10.0. The monoisotopic (exact) mass is 999 g/mol. The van der Waals surface area contributed by atoms with Crippen LogP contribution in [0.3, 0.4) is 0 Å². The molecule has 0 amide bonds. The highest BCUT2D eigenvalue weighted by Gasteiger charge is 2.25. The SMILES string of the molecule is O=S(=O)(O)c1ccc(N=Nc2c(S(=O)(=O)O)cc3cc(Nc4nc(NCCO)nc(-c5ccc6c(O)c(N=Nc7ccc(S(=O)(=O)O)cc7O)c(S(=O)(=O)O)cc6c5)n4)ccc3c2O)c(O)c1. The summed E-state index contributed by atoms with van der Waals surface area (Å²) in [6, 6.07) is 14.8. The van der Waals surface area contributed by atoms with Gasteiger partial charge in [-0.15, -0.1) is 20.5 Å². The fraction of sp³-hybridized carbons (Fsp3) is 0.0541. The fourth-order valence-corrected chi connectivity index (χ4v) is 8.46. The van der Waals surface area contributed by atoms with Crippen molar-refractivity contribution in [2.75, 3.05) is 23.8 Å². The van der Waals surface area contributed by atoms with Crippen LogP contribution in [0.1, 0.15) is 0 Å². The number of nitrogens with zero attached hydrogens (tertiary/aromatic N) is 7. The maximum atomic E-state index is 12.5. The Hall–Kier alpha value is -7.55. The highest BCUT2D eigenvalue weighted by Crippen LogP contribution is 2.45.